The maximum Gasteiger partial charge on any atom is 0.129 e. The summed E-state index contributed by atoms with van der Waals surface area (Å²) >= 11 is 8.66. The number of aryl methyl sites for hydroxylation is 2. The first kappa shape index (κ1) is 54.9. The van der Waals surface area contributed by atoms with Crippen LogP contribution in [0.3, 0.4) is 0 Å². The number of carbonyl (C=O) groups is 1. The number of carbonyl (C=O) groups excluding carboxylic acids is 1. The number of unbranched alkanes of at least 4 members (excludes halogenated alkanes) is 1. The number of hydrogen-bond acceptors (Lipinski definition) is 5. The average molecular weight is 653 g/mol. The molecule has 0 atom stereocenters. The second-order valence-electron chi connectivity index (χ2n) is 6.74. The Labute approximate surface area is 273 Å². The van der Waals surface area contributed by atoms with Gasteiger partial charge < -0.3 is 15.8 Å². The molecule has 3 nitrogen and oxygen atoms in total. The minimum absolute atomic E-state index is 0. The molecule has 0 aromatic heterocycles. The Kier molecular flexibility index (Phi) is 74.3. The summed E-state index contributed by atoms with van der Waals surface area (Å²) in [5.41, 5.74) is 10.3. The molecule has 0 bridgehead atoms. The van der Waals surface area contributed by atoms with E-state index in [9.17, 15) is 4.79 Å². The lowest BCUT2D eigenvalue weighted by Crippen LogP contribution is -2.10. The summed E-state index contributed by atoms with van der Waals surface area (Å²) in [6.07, 6.45) is 5.82. The summed E-state index contributed by atoms with van der Waals surface area (Å²) < 4.78 is 0. The molecule has 3 rings (SSSR count). The Morgan fingerprint density at radius 1 is 0.825 bits per heavy atom. The third-order valence-corrected chi connectivity index (χ3v) is 6.39. The topological polar surface area (TPSA) is 55.1 Å². The lowest BCUT2D eigenvalue weighted by Gasteiger charge is -2.16. The molecule has 0 unspecified atom stereocenters. The van der Waals surface area contributed by atoms with Crippen LogP contribution >= 0.6 is 13.5 Å². The lowest BCUT2D eigenvalue weighted by atomic mass is 10.0. The Morgan fingerprint density at radius 3 is 1.52 bits per heavy atom. The maximum absolute atomic E-state index is 9.81. The standard InChI is InChI=1S/C9H11N.C7H9N.C4H8O.C4H10.4C2H6.S4.H2S/c1-2-6-9-8(4-1)5-3-7-10-9;1-6-4-2-3-5-7(6)8;1-3-4(2)5;1-3-4-2;4*1-2;1-3-4-2;/h1-2,4,6,10H,3,5,7H2;2-5H,8H2,1H3;3H2,1-2H3;3-4H2,1-2H3;4*1-2H3;;1H2. The van der Waals surface area contributed by atoms with Gasteiger partial charge in [0.25, 0.3) is 0 Å². The van der Waals surface area contributed by atoms with E-state index in [-0.39, 0.29) is 19.3 Å². The van der Waals surface area contributed by atoms with Crippen LogP contribution in [-0.2, 0) is 51.4 Å². The van der Waals surface area contributed by atoms with Gasteiger partial charge in [-0.2, -0.15) is 13.5 Å². The molecule has 1 heterocycles. The molecule has 0 saturated carbocycles. The van der Waals surface area contributed by atoms with Crippen molar-refractivity contribution in [2.45, 2.75) is 122 Å². The summed E-state index contributed by atoms with van der Waals surface area (Å²) in [7, 11) is 2.34. The fraction of sp³-hybridized carbons (Fsp3) is 0.594. The smallest absolute Gasteiger partial charge is 0.129 e. The third kappa shape index (κ3) is 46.8. The van der Waals surface area contributed by atoms with E-state index in [1.807, 2.05) is 93.5 Å². The van der Waals surface area contributed by atoms with Gasteiger partial charge in [-0.25, -0.2) is 0 Å². The first-order chi connectivity index (χ1) is 18.9. The van der Waals surface area contributed by atoms with E-state index >= 15 is 0 Å². The Balaban J connectivity index is -0.0000000662. The van der Waals surface area contributed by atoms with Gasteiger partial charge in [-0.05, 0) is 49.9 Å². The van der Waals surface area contributed by atoms with E-state index in [1.54, 1.807) is 6.92 Å². The Morgan fingerprint density at radius 2 is 1.23 bits per heavy atom. The zero-order chi connectivity index (χ0) is 31.9. The van der Waals surface area contributed by atoms with Gasteiger partial charge in [0.05, 0.1) is 0 Å². The summed E-state index contributed by atoms with van der Waals surface area (Å²) in [6.45, 7) is 26.9. The first-order valence-corrected chi connectivity index (χ1v) is 18.6. The second-order valence-corrected chi connectivity index (χ2v) is 10.3. The van der Waals surface area contributed by atoms with Crippen LogP contribution in [-0.4, -0.2) is 12.3 Å². The highest BCUT2D eigenvalue weighted by Gasteiger charge is 2.04. The largest absolute Gasteiger partial charge is 0.399 e. The SMILES string of the molecule is CC.CC.CC.CC.CCC(C)=O.CCCC.Cc1ccccc1N.S.S=S=S=S.c1ccc2c(c1)CCCN2. The summed E-state index contributed by atoms with van der Waals surface area (Å²) in [6, 6.07) is 16.3. The van der Waals surface area contributed by atoms with Crippen molar-refractivity contribution in [3.63, 3.8) is 0 Å². The van der Waals surface area contributed by atoms with Gasteiger partial charge in [-0.3, -0.25) is 0 Å². The molecule has 1 aliphatic rings. The van der Waals surface area contributed by atoms with Crippen LogP contribution in [0.1, 0.15) is 120 Å². The minimum Gasteiger partial charge on any atom is -0.399 e. The fourth-order valence-corrected chi connectivity index (χ4v) is 2.00. The first-order valence-electron chi connectivity index (χ1n) is 14.6. The van der Waals surface area contributed by atoms with Gasteiger partial charge in [0.2, 0.25) is 0 Å². The molecule has 2 aromatic carbocycles. The zero-order valence-corrected chi connectivity index (χ0v) is 32.2. The van der Waals surface area contributed by atoms with E-state index in [1.165, 1.54) is 54.7 Å². The fourth-order valence-electron chi connectivity index (χ4n) is 2.00. The molecular formula is C32H64N2OS5. The predicted octanol–water partition coefficient (Wildman–Crippen LogP) is 10.6. The van der Waals surface area contributed by atoms with Crippen molar-refractivity contribution in [1.29, 1.82) is 0 Å². The van der Waals surface area contributed by atoms with Gasteiger partial charge in [0, 0.05) is 64.5 Å². The molecule has 0 spiro atoms. The number of anilines is 2. The molecule has 0 fully saturated rings. The third-order valence-electron chi connectivity index (χ3n) is 4.17. The lowest BCUT2D eigenvalue weighted by molar-refractivity contribution is -0.116. The number of rotatable bonds is 2. The number of para-hydroxylation sites is 2. The van der Waals surface area contributed by atoms with E-state index in [0.717, 1.165) is 17.8 Å². The number of hydrogen-bond donors (Lipinski definition) is 2. The molecule has 238 valence electrons. The van der Waals surface area contributed by atoms with Crippen molar-refractivity contribution in [2.24, 2.45) is 0 Å². The summed E-state index contributed by atoms with van der Waals surface area (Å²) in [5, 5.41) is 3.36. The highest BCUT2D eigenvalue weighted by atomic mass is 33.2. The van der Waals surface area contributed by atoms with E-state index in [2.05, 4.69) is 65.8 Å². The molecule has 8 heteroatoms. The maximum atomic E-state index is 9.81. The van der Waals surface area contributed by atoms with Crippen LogP contribution < -0.4 is 11.1 Å². The van der Waals surface area contributed by atoms with Gasteiger partial charge >= 0.3 is 0 Å². The van der Waals surface area contributed by atoms with Crippen LogP contribution in [0, 0.1) is 6.92 Å². The monoisotopic (exact) mass is 652 g/mol. The summed E-state index contributed by atoms with van der Waals surface area (Å²) in [4.78, 5) is 9.81. The van der Waals surface area contributed by atoms with E-state index in [0.29, 0.717) is 6.42 Å². The van der Waals surface area contributed by atoms with Crippen LogP contribution in [0.4, 0.5) is 11.4 Å². The number of fused-ring (bicyclic) bond motifs is 1. The quantitative estimate of drug-likeness (QED) is 0.316. The molecule has 40 heavy (non-hydrogen) atoms. The van der Waals surface area contributed by atoms with Crippen molar-refractivity contribution in [1.82, 2.24) is 0 Å². The number of nitrogens with one attached hydrogen (secondary N) is 1. The predicted molar refractivity (Wildman–Crippen MR) is 206 cm³/mol. The Hall–Kier alpha value is -1.06. The number of Topliss-reactive ketones (excluding diaryl/α,β-unsaturated/α-hetero) is 1. The van der Waals surface area contributed by atoms with Crippen molar-refractivity contribution >= 4 is 70.8 Å². The minimum atomic E-state index is 0. The van der Waals surface area contributed by atoms with Crippen molar-refractivity contribution < 1.29 is 4.79 Å². The van der Waals surface area contributed by atoms with Crippen molar-refractivity contribution in [3.05, 3.63) is 59.7 Å². The summed E-state index contributed by atoms with van der Waals surface area (Å²) in [5.74, 6) is 0.255. The molecule has 0 aliphatic carbocycles. The molecule has 3 N–H and O–H groups in total. The molecule has 0 amide bonds. The Bertz CT molecular complexity index is 749. The van der Waals surface area contributed by atoms with Gasteiger partial charge in [-0.1, -0.05) is 125 Å². The number of ketones is 1. The van der Waals surface area contributed by atoms with Gasteiger partial charge in [-0.15, -0.1) is 0 Å². The van der Waals surface area contributed by atoms with Crippen LogP contribution in [0.25, 0.3) is 0 Å². The molecule has 0 saturated heterocycles. The molecule has 0 radical (unpaired) electrons. The molecule has 2 aromatic rings. The molecule has 1 aliphatic heterocycles. The molecular weight excluding hydrogens is 589 g/mol. The number of nitrogen functional groups attached to an aromatic ring is 1. The number of nitrogens with two attached hydrogens (primary N) is 1. The van der Waals surface area contributed by atoms with Crippen molar-refractivity contribution in [2.75, 3.05) is 17.6 Å². The average Bonchev–Trinajstić information content (AvgIpc) is 3.03. The highest BCUT2D eigenvalue weighted by molar-refractivity contribution is 8.51. The highest BCUT2D eigenvalue weighted by Crippen LogP contribution is 2.20. The van der Waals surface area contributed by atoms with E-state index < -0.39 is 0 Å². The normalized spacial score (nSPS) is 8.53. The van der Waals surface area contributed by atoms with Gasteiger partial charge in [0.1, 0.15) is 5.78 Å². The second kappa shape index (κ2) is 54.1. The number of benzene rings is 2. The van der Waals surface area contributed by atoms with Crippen LogP contribution in [0.15, 0.2) is 48.5 Å². The van der Waals surface area contributed by atoms with Crippen molar-refractivity contribution in [3.8, 4) is 0 Å². The zero-order valence-electron chi connectivity index (χ0n) is 28.0. The van der Waals surface area contributed by atoms with E-state index in [4.69, 9.17) is 5.73 Å². The van der Waals surface area contributed by atoms with Gasteiger partial charge in [0.15, 0.2) is 0 Å². The van der Waals surface area contributed by atoms with Crippen LogP contribution in [0.2, 0.25) is 0 Å². The van der Waals surface area contributed by atoms with Crippen LogP contribution in [0.5, 0.6) is 0 Å².